The van der Waals surface area contributed by atoms with Gasteiger partial charge in [-0.1, -0.05) is 17.2 Å². The van der Waals surface area contributed by atoms with Crippen LogP contribution in [0, 0.1) is 11.3 Å². The summed E-state index contributed by atoms with van der Waals surface area (Å²) in [7, 11) is 0. The number of ether oxygens (including phenoxy) is 2. The molecule has 160 valence electrons. The number of amides is 3. The van der Waals surface area contributed by atoms with E-state index in [9.17, 15) is 19.2 Å². The molecule has 9 heteroatoms. The number of rotatable bonds is 2. The van der Waals surface area contributed by atoms with E-state index in [1.54, 1.807) is 32.9 Å². The Labute approximate surface area is 173 Å². The van der Waals surface area contributed by atoms with Gasteiger partial charge < -0.3 is 19.2 Å². The maximum atomic E-state index is 13.3. The zero-order valence-corrected chi connectivity index (χ0v) is 17.2. The minimum atomic E-state index is -1.06. The van der Waals surface area contributed by atoms with Crippen LogP contribution in [0.15, 0.2) is 24.3 Å². The van der Waals surface area contributed by atoms with Gasteiger partial charge in [0.05, 0.1) is 23.1 Å². The van der Waals surface area contributed by atoms with Crippen LogP contribution >= 0.6 is 0 Å². The summed E-state index contributed by atoms with van der Waals surface area (Å²) >= 11 is 0. The summed E-state index contributed by atoms with van der Waals surface area (Å²) in [4.78, 5) is 57.8. The number of hydroxylamine groups is 2. The molecule has 0 aromatic heterocycles. The first kappa shape index (κ1) is 20.3. The lowest BCUT2D eigenvalue weighted by Gasteiger charge is -2.35. The normalized spacial score (nSPS) is 25.8. The SMILES string of the molecule is CC(C)(C)OC(=O)N1C[C@@H]2COCC[C@]2(C(=O)ON2C(=O)c3ccccc3C2=O)C1. The van der Waals surface area contributed by atoms with Crippen LogP contribution in [0.3, 0.4) is 0 Å². The van der Waals surface area contributed by atoms with Crippen LogP contribution in [-0.4, -0.2) is 65.7 Å². The molecular formula is C21H24N2O7. The van der Waals surface area contributed by atoms with Crippen molar-refractivity contribution in [2.24, 2.45) is 11.3 Å². The van der Waals surface area contributed by atoms with Gasteiger partial charge in [-0.25, -0.2) is 9.59 Å². The summed E-state index contributed by atoms with van der Waals surface area (Å²) in [6.45, 7) is 6.24. The second kappa shape index (κ2) is 7.09. The first-order chi connectivity index (χ1) is 14.1. The Hall–Kier alpha value is -2.94. The maximum absolute atomic E-state index is 13.3. The lowest BCUT2D eigenvalue weighted by molar-refractivity contribution is -0.189. The standard InChI is InChI=1S/C21H24N2O7/c1-20(2,3)29-19(27)22-10-13-11-28-9-8-21(13,12-22)18(26)30-23-16(24)14-6-4-5-7-15(14)17(23)25/h4-7,13H,8-12H2,1-3H3/t13-,21+/m1/s1. The summed E-state index contributed by atoms with van der Waals surface area (Å²) in [5.74, 6) is -2.38. The molecule has 0 saturated carbocycles. The minimum absolute atomic E-state index is 0.0813. The van der Waals surface area contributed by atoms with Gasteiger partial charge in [-0.15, -0.1) is 0 Å². The molecule has 3 amide bonds. The van der Waals surface area contributed by atoms with Crippen molar-refractivity contribution in [3.05, 3.63) is 35.4 Å². The van der Waals surface area contributed by atoms with E-state index >= 15 is 0 Å². The first-order valence-corrected chi connectivity index (χ1v) is 9.88. The van der Waals surface area contributed by atoms with Gasteiger partial charge in [-0.2, -0.15) is 0 Å². The van der Waals surface area contributed by atoms with Crippen LogP contribution in [0.1, 0.15) is 47.9 Å². The van der Waals surface area contributed by atoms with E-state index < -0.39 is 34.9 Å². The molecule has 0 radical (unpaired) electrons. The lowest BCUT2D eigenvalue weighted by Crippen LogP contribution is -2.49. The predicted octanol–water partition coefficient (Wildman–Crippen LogP) is 2.01. The lowest BCUT2D eigenvalue weighted by atomic mass is 9.74. The Kier molecular flexibility index (Phi) is 4.80. The van der Waals surface area contributed by atoms with Gasteiger partial charge in [-0.3, -0.25) is 9.59 Å². The fourth-order valence-corrected chi connectivity index (χ4v) is 4.17. The van der Waals surface area contributed by atoms with Crippen molar-refractivity contribution in [3.8, 4) is 0 Å². The second-order valence-corrected chi connectivity index (χ2v) is 8.87. The molecule has 0 bridgehead atoms. The van der Waals surface area contributed by atoms with Crippen molar-refractivity contribution in [2.45, 2.75) is 32.8 Å². The van der Waals surface area contributed by atoms with Crippen LogP contribution in [0.25, 0.3) is 0 Å². The largest absolute Gasteiger partial charge is 0.444 e. The third kappa shape index (κ3) is 3.32. The molecule has 3 aliphatic heterocycles. The van der Waals surface area contributed by atoms with Crippen LogP contribution < -0.4 is 0 Å². The average molecular weight is 416 g/mol. The monoisotopic (exact) mass is 416 g/mol. The van der Waals surface area contributed by atoms with E-state index in [-0.39, 0.29) is 36.7 Å². The van der Waals surface area contributed by atoms with Gasteiger partial charge in [0, 0.05) is 25.6 Å². The number of carbonyl (C=O) groups is 4. The number of likely N-dealkylation sites (tertiary alicyclic amines) is 1. The van der Waals surface area contributed by atoms with Gasteiger partial charge in [-0.05, 0) is 39.3 Å². The van der Waals surface area contributed by atoms with E-state index in [1.165, 1.54) is 17.0 Å². The van der Waals surface area contributed by atoms with Gasteiger partial charge in [0.15, 0.2) is 0 Å². The van der Waals surface area contributed by atoms with E-state index in [0.29, 0.717) is 18.1 Å². The molecule has 0 aliphatic carbocycles. The molecule has 2 atom stereocenters. The first-order valence-electron chi connectivity index (χ1n) is 9.88. The Bertz CT molecular complexity index is 887. The van der Waals surface area contributed by atoms with Crippen molar-refractivity contribution in [1.82, 2.24) is 9.96 Å². The molecule has 1 aromatic carbocycles. The van der Waals surface area contributed by atoms with Gasteiger partial charge >= 0.3 is 12.1 Å². The molecule has 1 aromatic rings. The van der Waals surface area contributed by atoms with E-state index in [1.807, 2.05) is 0 Å². The topological polar surface area (TPSA) is 102 Å². The summed E-state index contributed by atoms with van der Waals surface area (Å²) in [6, 6.07) is 6.30. The highest BCUT2D eigenvalue weighted by atomic mass is 16.7. The molecule has 4 rings (SSSR count). The van der Waals surface area contributed by atoms with Crippen molar-refractivity contribution < 1.29 is 33.5 Å². The van der Waals surface area contributed by atoms with Gasteiger partial charge in [0.25, 0.3) is 11.8 Å². The van der Waals surface area contributed by atoms with Crippen LogP contribution in [0.4, 0.5) is 4.79 Å². The number of hydrogen-bond acceptors (Lipinski definition) is 7. The van der Waals surface area contributed by atoms with Crippen molar-refractivity contribution >= 4 is 23.9 Å². The second-order valence-electron chi connectivity index (χ2n) is 8.87. The molecule has 2 saturated heterocycles. The summed E-state index contributed by atoms with van der Waals surface area (Å²) < 4.78 is 11.0. The van der Waals surface area contributed by atoms with E-state index in [0.717, 1.165) is 0 Å². The number of carbonyl (C=O) groups excluding carboxylic acids is 4. The smallest absolute Gasteiger partial charge is 0.410 e. The number of nitrogens with zero attached hydrogens (tertiary/aromatic N) is 2. The third-order valence-electron chi connectivity index (χ3n) is 5.70. The van der Waals surface area contributed by atoms with Crippen molar-refractivity contribution in [2.75, 3.05) is 26.3 Å². The van der Waals surface area contributed by atoms with Crippen LogP contribution in [0.2, 0.25) is 0 Å². The van der Waals surface area contributed by atoms with Crippen molar-refractivity contribution in [3.63, 3.8) is 0 Å². The number of fused-ring (bicyclic) bond motifs is 2. The molecule has 3 heterocycles. The average Bonchev–Trinajstić information content (AvgIpc) is 3.20. The fourth-order valence-electron chi connectivity index (χ4n) is 4.17. The molecule has 0 N–H and O–H groups in total. The number of hydrogen-bond donors (Lipinski definition) is 0. The van der Waals surface area contributed by atoms with Crippen LogP contribution in [0.5, 0.6) is 0 Å². The summed E-state index contributed by atoms with van der Waals surface area (Å²) in [5, 5.41) is 0.518. The van der Waals surface area contributed by atoms with E-state index in [4.69, 9.17) is 14.3 Å². The predicted molar refractivity (Wildman–Crippen MR) is 102 cm³/mol. The Morgan fingerprint density at radius 3 is 2.37 bits per heavy atom. The minimum Gasteiger partial charge on any atom is -0.444 e. The number of benzene rings is 1. The third-order valence-corrected chi connectivity index (χ3v) is 5.70. The fraction of sp³-hybridized carbons (Fsp3) is 0.524. The van der Waals surface area contributed by atoms with Crippen molar-refractivity contribution in [1.29, 1.82) is 0 Å². The van der Waals surface area contributed by atoms with Gasteiger partial charge in [0.1, 0.15) is 5.60 Å². The summed E-state index contributed by atoms with van der Waals surface area (Å²) in [5.41, 5.74) is -1.35. The number of imide groups is 1. The molecule has 9 nitrogen and oxygen atoms in total. The molecule has 30 heavy (non-hydrogen) atoms. The summed E-state index contributed by atoms with van der Waals surface area (Å²) in [6.07, 6.45) is -0.205. The zero-order chi connectivity index (χ0) is 21.7. The molecule has 2 fully saturated rings. The Morgan fingerprint density at radius 1 is 1.13 bits per heavy atom. The zero-order valence-electron chi connectivity index (χ0n) is 17.2. The van der Waals surface area contributed by atoms with E-state index in [2.05, 4.69) is 0 Å². The Morgan fingerprint density at radius 2 is 1.77 bits per heavy atom. The van der Waals surface area contributed by atoms with Crippen LogP contribution in [-0.2, 0) is 19.1 Å². The molecule has 3 aliphatic rings. The highest BCUT2D eigenvalue weighted by Crippen LogP contribution is 2.44. The quantitative estimate of drug-likeness (QED) is 0.680. The Balaban J connectivity index is 1.54. The highest BCUT2D eigenvalue weighted by Gasteiger charge is 2.57. The van der Waals surface area contributed by atoms with Gasteiger partial charge in [0.2, 0.25) is 0 Å². The molecular weight excluding hydrogens is 392 g/mol. The maximum Gasteiger partial charge on any atom is 0.410 e. The molecule has 0 spiro atoms. The highest BCUT2D eigenvalue weighted by molar-refractivity contribution is 6.20. The molecule has 0 unspecified atom stereocenters.